The van der Waals surface area contributed by atoms with Crippen LogP contribution in [0.1, 0.15) is 21.6 Å². The molecule has 0 aliphatic heterocycles. The fourth-order valence-corrected chi connectivity index (χ4v) is 2.27. The van der Waals surface area contributed by atoms with Crippen molar-refractivity contribution in [2.24, 2.45) is 0 Å². The van der Waals surface area contributed by atoms with Crippen molar-refractivity contribution in [1.29, 1.82) is 0 Å². The largest absolute Gasteiger partial charge is 0.416 e. The SMILES string of the molecule is O=C(NCc1csc(=O)[nH]1)c1cc([N+](=O)[O-])cc(C(F)(F)F)c1. The second-order valence-corrected chi connectivity index (χ2v) is 5.22. The molecular formula is C12H8F3N3O4S. The molecule has 1 aromatic carbocycles. The number of hydrogen-bond donors (Lipinski definition) is 2. The van der Waals surface area contributed by atoms with Crippen molar-refractivity contribution in [2.45, 2.75) is 12.7 Å². The number of halogens is 3. The molecule has 2 aromatic rings. The van der Waals surface area contributed by atoms with Crippen LogP contribution < -0.4 is 10.2 Å². The van der Waals surface area contributed by atoms with Crippen molar-refractivity contribution >= 4 is 22.9 Å². The van der Waals surface area contributed by atoms with Gasteiger partial charge in [-0.1, -0.05) is 11.3 Å². The van der Waals surface area contributed by atoms with Crippen LogP contribution in [-0.2, 0) is 12.7 Å². The molecule has 122 valence electrons. The van der Waals surface area contributed by atoms with Gasteiger partial charge in [0.25, 0.3) is 11.6 Å². The van der Waals surface area contributed by atoms with Gasteiger partial charge in [-0.3, -0.25) is 19.7 Å². The Morgan fingerprint density at radius 3 is 2.57 bits per heavy atom. The van der Waals surface area contributed by atoms with Crippen LogP contribution in [0.2, 0.25) is 0 Å². The fraction of sp³-hybridized carbons (Fsp3) is 0.167. The molecule has 0 spiro atoms. The van der Waals surface area contributed by atoms with Crippen LogP contribution in [0, 0.1) is 10.1 Å². The third kappa shape index (κ3) is 4.16. The Labute approximate surface area is 129 Å². The number of aromatic nitrogens is 1. The van der Waals surface area contributed by atoms with Gasteiger partial charge in [-0.15, -0.1) is 0 Å². The van der Waals surface area contributed by atoms with Crippen LogP contribution in [0.15, 0.2) is 28.4 Å². The van der Waals surface area contributed by atoms with E-state index in [1.807, 2.05) is 0 Å². The van der Waals surface area contributed by atoms with E-state index in [0.717, 1.165) is 17.4 Å². The van der Waals surface area contributed by atoms with Crippen LogP contribution in [0.4, 0.5) is 18.9 Å². The Hall–Kier alpha value is -2.69. The number of amides is 1. The summed E-state index contributed by atoms with van der Waals surface area (Å²) in [6.45, 7) is -0.123. The van der Waals surface area contributed by atoms with E-state index in [4.69, 9.17) is 0 Å². The van der Waals surface area contributed by atoms with Crippen molar-refractivity contribution in [2.75, 3.05) is 0 Å². The minimum atomic E-state index is -4.82. The molecule has 11 heteroatoms. The Kier molecular flexibility index (Phi) is 4.50. The van der Waals surface area contributed by atoms with E-state index >= 15 is 0 Å². The van der Waals surface area contributed by atoms with Gasteiger partial charge >= 0.3 is 11.0 Å². The van der Waals surface area contributed by atoms with E-state index in [1.165, 1.54) is 5.38 Å². The van der Waals surface area contributed by atoms with E-state index < -0.39 is 33.8 Å². The molecule has 0 aliphatic carbocycles. The number of alkyl halides is 3. The number of nitro groups is 1. The monoisotopic (exact) mass is 347 g/mol. The van der Waals surface area contributed by atoms with Crippen LogP contribution in [0.3, 0.4) is 0 Å². The molecule has 7 nitrogen and oxygen atoms in total. The summed E-state index contributed by atoms with van der Waals surface area (Å²) >= 11 is 0.864. The highest BCUT2D eigenvalue weighted by atomic mass is 32.1. The lowest BCUT2D eigenvalue weighted by Crippen LogP contribution is -2.24. The fourth-order valence-electron chi connectivity index (χ4n) is 1.69. The number of non-ortho nitro benzene ring substituents is 1. The van der Waals surface area contributed by atoms with E-state index in [2.05, 4.69) is 10.3 Å². The molecule has 0 bridgehead atoms. The summed E-state index contributed by atoms with van der Waals surface area (Å²) in [4.78, 5) is 34.6. The lowest BCUT2D eigenvalue weighted by atomic mass is 10.1. The maximum Gasteiger partial charge on any atom is 0.416 e. The zero-order valence-electron chi connectivity index (χ0n) is 11.1. The maximum atomic E-state index is 12.7. The molecule has 0 atom stereocenters. The molecule has 1 amide bonds. The standard InChI is InChI=1S/C12H8F3N3O4S/c13-12(14,15)7-1-6(2-9(3-7)18(21)22)10(19)16-4-8-5-23-11(20)17-8/h1-3,5H,4H2,(H,16,19)(H,17,20). The molecule has 1 aromatic heterocycles. The number of aromatic amines is 1. The second kappa shape index (κ2) is 6.20. The zero-order valence-corrected chi connectivity index (χ0v) is 12.0. The first-order valence-corrected chi connectivity index (χ1v) is 6.86. The first-order chi connectivity index (χ1) is 10.7. The maximum absolute atomic E-state index is 12.7. The van der Waals surface area contributed by atoms with Gasteiger partial charge < -0.3 is 10.3 Å². The summed E-state index contributed by atoms with van der Waals surface area (Å²) < 4.78 is 38.2. The summed E-state index contributed by atoms with van der Waals surface area (Å²) in [5.41, 5.74) is -2.26. The summed E-state index contributed by atoms with van der Waals surface area (Å²) in [5, 5.41) is 14.4. The summed E-state index contributed by atoms with van der Waals surface area (Å²) in [6.07, 6.45) is -4.82. The molecule has 1 heterocycles. The number of hydrogen-bond acceptors (Lipinski definition) is 5. The molecule has 0 radical (unpaired) electrons. The van der Waals surface area contributed by atoms with Gasteiger partial charge in [-0.2, -0.15) is 13.2 Å². The van der Waals surface area contributed by atoms with Gasteiger partial charge in [0.1, 0.15) is 0 Å². The number of nitrogens with one attached hydrogen (secondary N) is 2. The van der Waals surface area contributed by atoms with Crippen molar-refractivity contribution < 1.29 is 22.9 Å². The molecule has 0 saturated heterocycles. The lowest BCUT2D eigenvalue weighted by molar-refractivity contribution is -0.385. The number of nitro benzene ring substituents is 1. The van der Waals surface area contributed by atoms with Crippen LogP contribution in [-0.4, -0.2) is 15.8 Å². The number of benzene rings is 1. The third-order valence-corrected chi connectivity index (χ3v) is 3.45. The molecule has 0 unspecified atom stereocenters. The second-order valence-electron chi connectivity index (χ2n) is 4.38. The van der Waals surface area contributed by atoms with E-state index in [0.29, 0.717) is 17.8 Å². The first-order valence-electron chi connectivity index (χ1n) is 5.98. The number of nitrogens with zero attached hydrogens (tertiary/aromatic N) is 1. The van der Waals surface area contributed by atoms with Crippen LogP contribution in [0.25, 0.3) is 0 Å². The third-order valence-electron chi connectivity index (χ3n) is 2.73. The van der Waals surface area contributed by atoms with E-state index in [9.17, 15) is 32.9 Å². The van der Waals surface area contributed by atoms with E-state index in [1.54, 1.807) is 0 Å². The molecule has 0 aliphatic rings. The minimum Gasteiger partial charge on any atom is -0.346 e. The topological polar surface area (TPSA) is 105 Å². The Bertz CT molecular complexity index is 812. The van der Waals surface area contributed by atoms with Gasteiger partial charge in [0.15, 0.2) is 0 Å². The highest BCUT2D eigenvalue weighted by molar-refractivity contribution is 7.07. The highest BCUT2D eigenvalue weighted by Crippen LogP contribution is 2.32. The molecular weight excluding hydrogens is 339 g/mol. The van der Waals surface area contributed by atoms with E-state index in [-0.39, 0.29) is 11.4 Å². The Morgan fingerprint density at radius 2 is 2.04 bits per heavy atom. The number of carbonyl (C=O) groups excluding carboxylic acids is 1. The zero-order chi connectivity index (χ0) is 17.2. The Morgan fingerprint density at radius 1 is 1.35 bits per heavy atom. The quantitative estimate of drug-likeness (QED) is 0.654. The van der Waals surface area contributed by atoms with Gasteiger partial charge in [0.05, 0.1) is 17.0 Å². The minimum absolute atomic E-state index is 0.123. The predicted octanol–water partition coefficient (Wildman–Crippen LogP) is 2.29. The molecule has 23 heavy (non-hydrogen) atoms. The van der Waals surface area contributed by atoms with Gasteiger partial charge in [-0.25, -0.2) is 0 Å². The summed E-state index contributed by atoms with van der Waals surface area (Å²) in [6, 6.07) is 1.63. The normalized spacial score (nSPS) is 11.3. The number of carbonyl (C=O) groups is 1. The average molecular weight is 347 g/mol. The van der Waals surface area contributed by atoms with Gasteiger partial charge in [-0.05, 0) is 6.07 Å². The van der Waals surface area contributed by atoms with Crippen molar-refractivity contribution in [3.63, 3.8) is 0 Å². The number of H-pyrrole nitrogens is 1. The molecule has 2 rings (SSSR count). The lowest BCUT2D eigenvalue weighted by Gasteiger charge is -2.09. The average Bonchev–Trinajstić information content (AvgIpc) is 2.89. The molecule has 2 N–H and O–H groups in total. The smallest absolute Gasteiger partial charge is 0.346 e. The van der Waals surface area contributed by atoms with Gasteiger partial charge in [0.2, 0.25) is 0 Å². The highest BCUT2D eigenvalue weighted by Gasteiger charge is 2.33. The van der Waals surface area contributed by atoms with Crippen molar-refractivity contribution in [1.82, 2.24) is 10.3 Å². The van der Waals surface area contributed by atoms with Crippen molar-refractivity contribution in [3.05, 3.63) is 60.2 Å². The molecule has 0 fully saturated rings. The number of rotatable bonds is 4. The van der Waals surface area contributed by atoms with Gasteiger partial charge in [0, 0.05) is 28.8 Å². The van der Waals surface area contributed by atoms with Crippen LogP contribution in [0.5, 0.6) is 0 Å². The summed E-state index contributed by atoms with van der Waals surface area (Å²) in [5.74, 6) is -0.925. The first kappa shape index (κ1) is 16.7. The Balaban J connectivity index is 2.26. The van der Waals surface area contributed by atoms with Crippen LogP contribution >= 0.6 is 11.3 Å². The van der Waals surface area contributed by atoms with Crippen molar-refractivity contribution in [3.8, 4) is 0 Å². The molecule has 0 saturated carbocycles. The number of thiazole rings is 1. The predicted molar refractivity (Wildman–Crippen MR) is 74.2 cm³/mol. The summed E-state index contributed by atoms with van der Waals surface area (Å²) in [7, 11) is 0.